The molecule has 0 bridgehead atoms. The molecule has 9 nitrogen and oxygen atoms in total. The summed E-state index contributed by atoms with van der Waals surface area (Å²) in [6.45, 7) is 2.87. The lowest BCUT2D eigenvalue weighted by Gasteiger charge is -2.36. The number of methoxy groups -OCH3 is 1. The number of nitrogens with two attached hydrogens (primary N) is 1. The second-order valence-corrected chi connectivity index (χ2v) is 8.51. The molecule has 1 fully saturated rings. The summed E-state index contributed by atoms with van der Waals surface area (Å²) in [5, 5.41) is 10.3. The number of amides is 1. The Balaban J connectivity index is 1.39. The van der Waals surface area contributed by atoms with Gasteiger partial charge in [0.25, 0.3) is 0 Å². The van der Waals surface area contributed by atoms with Gasteiger partial charge < -0.3 is 20.7 Å². The van der Waals surface area contributed by atoms with Crippen molar-refractivity contribution in [2.75, 3.05) is 32.6 Å². The number of nitrogens with one attached hydrogen (secondary N) is 2. The Kier molecular flexibility index (Phi) is 7.12. The maximum absolute atomic E-state index is 13.1. The molecule has 9 heteroatoms. The number of guanidine groups is 1. The number of hydrogen-bond acceptors (Lipinski definition) is 5. The Morgan fingerprint density at radius 2 is 1.97 bits per heavy atom. The minimum absolute atomic E-state index is 0.101. The molecular weight excluding hydrogens is 430 g/mol. The summed E-state index contributed by atoms with van der Waals surface area (Å²) in [6, 6.07) is 16.0. The molecule has 0 atom stereocenters. The second kappa shape index (κ2) is 10.4. The van der Waals surface area contributed by atoms with Crippen molar-refractivity contribution in [2.45, 2.75) is 25.4 Å². The molecule has 1 aliphatic rings. The predicted molar refractivity (Wildman–Crippen MR) is 133 cm³/mol. The number of nitrogens with zero attached hydrogens (tertiary/aromatic N) is 4. The lowest BCUT2D eigenvalue weighted by atomic mass is 10.0. The van der Waals surface area contributed by atoms with Gasteiger partial charge in [0.05, 0.1) is 18.5 Å². The quantitative estimate of drug-likeness (QED) is 0.383. The van der Waals surface area contributed by atoms with Crippen LogP contribution < -0.4 is 15.8 Å². The third kappa shape index (κ3) is 5.37. The van der Waals surface area contributed by atoms with Crippen LogP contribution in [0.15, 0.2) is 61.1 Å². The lowest BCUT2D eigenvalue weighted by molar-refractivity contribution is 0.132. The maximum atomic E-state index is 13.1. The largest absolute Gasteiger partial charge is 0.495 e. The van der Waals surface area contributed by atoms with E-state index < -0.39 is 0 Å². The van der Waals surface area contributed by atoms with Crippen LogP contribution in [0, 0.1) is 5.41 Å². The zero-order chi connectivity index (χ0) is 24.1. The van der Waals surface area contributed by atoms with Crippen LogP contribution in [-0.2, 0) is 6.54 Å². The highest BCUT2D eigenvalue weighted by atomic mass is 16.5. The fourth-order valence-electron chi connectivity index (χ4n) is 4.33. The Morgan fingerprint density at radius 1 is 1.24 bits per heavy atom. The fourth-order valence-corrected chi connectivity index (χ4v) is 4.33. The van der Waals surface area contributed by atoms with Crippen LogP contribution >= 0.6 is 0 Å². The number of ether oxygens (including phenoxy) is 1. The monoisotopic (exact) mass is 461 g/mol. The van der Waals surface area contributed by atoms with E-state index in [4.69, 9.17) is 15.9 Å². The van der Waals surface area contributed by atoms with Gasteiger partial charge >= 0.3 is 6.03 Å². The minimum Gasteiger partial charge on any atom is -0.495 e. The average Bonchev–Trinajstić information content (AvgIpc) is 3.34. The van der Waals surface area contributed by atoms with Gasteiger partial charge in [-0.15, -0.1) is 0 Å². The molecular formula is C25H31N7O2. The zero-order valence-corrected chi connectivity index (χ0v) is 19.6. The highest BCUT2D eigenvalue weighted by Crippen LogP contribution is 2.30. The fraction of sp³-hybridized carbons (Fsp3) is 0.320. The number of rotatable bonds is 6. The molecule has 2 aromatic carbocycles. The van der Waals surface area contributed by atoms with Gasteiger partial charge in [-0.05, 0) is 36.6 Å². The van der Waals surface area contributed by atoms with E-state index in [9.17, 15) is 4.79 Å². The number of benzene rings is 2. The van der Waals surface area contributed by atoms with E-state index in [1.54, 1.807) is 31.8 Å². The van der Waals surface area contributed by atoms with Crippen LogP contribution in [0.25, 0.3) is 11.3 Å². The minimum atomic E-state index is -0.187. The molecule has 1 aliphatic heterocycles. The van der Waals surface area contributed by atoms with E-state index in [-0.39, 0.29) is 18.0 Å². The van der Waals surface area contributed by atoms with E-state index >= 15 is 0 Å². The number of piperidine rings is 1. The lowest BCUT2D eigenvalue weighted by Crippen LogP contribution is -2.46. The molecule has 2 heterocycles. The van der Waals surface area contributed by atoms with Crippen LogP contribution in [0.1, 0.15) is 18.4 Å². The van der Waals surface area contributed by atoms with E-state index in [1.165, 1.54) is 10.1 Å². The van der Waals surface area contributed by atoms with Crippen molar-refractivity contribution in [1.29, 1.82) is 5.41 Å². The summed E-state index contributed by atoms with van der Waals surface area (Å²) in [4.78, 5) is 21.8. The molecule has 1 amide bonds. The number of aromatic nitrogens is 2. The van der Waals surface area contributed by atoms with E-state index in [1.807, 2.05) is 24.1 Å². The van der Waals surface area contributed by atoms with Gasteiger partial charge in [-0.25, -0.2) is 9.78 Å². The number of likely N-dealkylation sites (tertiary alicyclic amines) is 1. The Labute approximate surface area is 199 Å². The van der Waals surface area contributed by atoms with Gasteiger partial charge in [0.2, 0.25) is 0 Å². The van der Waals surface area contributed by atoms with Crippen molar-refractivity contribution >= 4 is 17.7 Å². The van der Waals surface area contributed by atoms with Crippen LogP contribution in [0.5, 0.6) is 5.75 Å². The molecule has 3 aromatic rings. The van der Waals surface area contributed by atoms with Gasteiger partial charge in [0.15, 0.2) is 5.96 Å². The van der Waals surface area contributed by atoms with Gasteiger partial charge in [-0.3, -0.25) is 14.9 Å². The molecule has 0 aliphatic carbocycles. The third-order valence-corrected chi connectivity index (χ3v) is 6.22. The standard InChI is InChI=1S/C25H31N7O2/c1-30(20-10-12-31(13-11-20)15-18-6-4-3-5-7-18)25(33)32-16-22(28-17-32)19-8-9-23(34-2)21(14-19)29-24(26)27/h3-9,14,16-17,20H,10-13,15H2,1-2H3,(H4,26,27,29). The SMILES string of the molecule is COc1ccc(-c2cn(C(=O)N(C)C3CCN(Cc4ccccc4)CC3)cn2)cc1NC(=N)N. The molecule has 0 spiro atoms. The summed E-state index contributed by atoms with van der Waals surface area (Å²) < 4.78 is 6.84. The van der Waals surface area contributed by atoms with E-state index in [0.29, 0.717) is 17.1 Å². The van der Waals surface area contributed by atoms with Gasteiger partial charge in [-0.2, -0.15) is 0 Å². The molecule has 1 aromatic heterocycles. The first-order valence-electron chi connectivity index (χ1n) is 11.3. The third-order valence-electron chi connectivity index (χ3n) is 6.22. The molecule has 34 heavy (non-hydrogen) atoms. The number of carbonyl (C=O) groups excluding carboxylic acids is 1. The number of imidazole rings is 1. The Hall–Kier alpha value is -3.85. The van der Waals surface area contributed by atoms with Crippen molar-refractivity contribution < 1.29 is 9.53 Å². The predicted octanol–water partition coefficient (Wildman–Crippen LogP) is 3.43. The molecule has 0 radical (unpaired) electrons. The normalized spacial score (nSPS) is 14.5. The summed E-state index contributed by atoms with van der Waals surface area (Å²) in [7, 11) is 3.41. The molecule has 0 saturated carbocycles. The van der Waals surface area contributed by atoms with Crippen LogP contribution in [0.3, 0.4) is 0 Å². The van der Waals surface area contributed by atoms with Crippen molar-refractivity contribution in [3.63, 3.8) is 0 Å². The van der Waals surface area contributed by atoms with Gasteiger partial charge in [-0.1, -0.05) is 30.3 Å². The summed E-state index contributed by atoms with van der Waals surface area (Å²) in [6.07, 6.45) is 5.15. The van der Waals surface area contributed by atoms with Gasteiger partial charge in [0, 0.05) is 44.5 Å². The number of anilines is 1. The van der Waals surface area contributed by atoms with Crippen LogP contribution in [-0.4, -0.2) is 64.6 Å². The second-order valence-electron chi connectivity index (χ2n) is 8.51. The molecule has 1 saturated heterocycles. The van der Waals surface area contributed by atoms with Crippen molar-refractivity contribution in [2.24, 2.45) is 5.73 Å². The van der Waals surface area contributed by atoms with Crippen molar-refractivity contribution in [1.82, 2.24) is 19.4 Å². The molecule has 178 valence electrons. The molecule has 4 N–H and O–H groups in total. The maximum Gasteiger partial charge on any atom is 0.329 e. The van der Waals surface area contributed by atoms with E-state index in [2.05, 4.69) is 39.5 Å². The molecule has 0 unspecified atom stereocenters. The van der Waals surface area contributed by atoms with Gasteiger partial charge in [0.1, 0.15) is 12.1 Å². The molecule has 4 rings (SSSR count). The number of hydrogen-bond donors (Lipinski definition) is 3. The summed E-state index contributed by atoms with van der Waals surface area (Å²) >= 11 is 0. The smallest absolute Gasteiger partial charge is 0.329 e. The average molecular weight is 462 g/mol. The first kappa shape index (κ1) is 23.3. The highest BCUT2D eigenvalue weighted by molar-refractivity contribution is 5.92. The Morgan fingerprint density at radius 3 is 2.65 bits per heavy atom. The first-order valence-corrected chi connectivity index (χ1v) is 11.3. The zero-order valence-electron chi connectivity index (χ0n) is 19.6. The summed E-state index contributed by atoms with van der Waals surface area (Å²) in [5.74, 6) is 0.375. The summed E-state index contributed by atoms with van der Waals surface area (Å²) in [5.41, 5.74) is 8.79. The van der Waals surface area contributed by atoms with E-state index in [0.717, 1.165) is 38.0 Å². The topological polar surface area (TPSA) is 112 Å². The van der Waals surface area contributed by atoms with Crippen LogP contribution in [0.2, 0.25) is 0 Å². The number of carbonyl (C=O) groups is 1. The Bertz CT molecular complexity index is 1140. The van der Waals surface area contributed by atoms with Crippen molar-refractivity contribution in [3.8, 4) is 17.0 Å². The van der Waals surface area contributed by atoms with Crippen LogP contribution in [0.4, 0.5) is 10.5 Å². The van der Waals surface area contributed by atoms with Crippen molar-refractivity contribution in [3.05, 3.63) is 66.6 Å². The first-order chi connectivity index (χ1) is 16.4. The highest BCUT2D eigenvalue weighted by Gasteiger charge is 2.26.